The van der Waals surface area contributed by atoms with E-state index in [1.54, 1.807) is 24.3 Å². The molecule has 1 heterocycles. The first-order chi connectivity index (χ1) is 8.88. The van der Waals surface area contributed by atoms with Gasteiger partial charge in [0.05, 0.1) is 12.1 Å². The van der Waals surface area contributed by atoms with Crippen molar-refractivity contribution in [2.24, 2.45) is 0 Å². The summed E-state index contributed by atoms with van der Waals surface area (Å²) < 4.78 is 39.2. The molecule has 0 saturated carbocycles. The van der Waals surface area contributed by atoms with Gasteiger partial charge in [-0.1, -0.05) is 30.3 Å². The Morgan fingerprint density at radius 1 is 1.16 bits per heavy atom. The van der Waals surface area contributed by atoms with E-state index in [4.69, 9.17) is 0 Å². The SMILES string of the molecule is Cc1cc(C(F)(F)F)cn(Cc2ccccc2)c1=O. The van der Waals surface area contributed by atoms with Gasteiger partial charge in [-0.05, 0) is 18.6 Å². The minimum absolute atomic E-state index is 0.0887. The zero-order chi connectivity index (χ0) is 14.0. The van der Waals surface area contributed by atoms with Gasteiger partial charge in [0.25, 0.3) is 5.56 Å². The van der Waals surface area contributed by atoms with Gasteiger partial charge in [-0.2, -0.15) is 13.2 Å². The summed E-state index contributed by atoms with van der Waals surface area (Å²) in [7, 11) is 0. The lowest BCUT2D eigenvalue weighted by atomic mass is 10.2. The maximum atomic E-state index is 12.7. The molecular weight excluding hydrogens is 255 g/mol. The third-order valence-corrected chi connectivity index (χ3v) is 2.79. The van der Waals surface area contributed by atoms with Crippen molar-refractivity contribution in [1.29, 1.82) is 0 Å². The van der Waals surface area contributed by atoms with Crippen molar-refractivity contribution in [3.05, 3.63) is 69.6 Å². The quantitative estimate of drug-likeness (QED) is 0.818. The Morgan fingerprint density at radius 3 is 2.37 bits per heavy atom. The standard InChI is InChI=1S/C14H12F3NO/c1-10-7-12(14(15,16)17)9-18(13(10)19)8-11-5-3-2-4-6-11/h2-7,9H,8H2,1H3. The molecule has 0 atom stereocenters. The highest BCUT2D eigenvalue weighted by Gasteiger charge is 2.31. The molecule has 0 bridgehead atoms. The molecular formula is C14H12F3NO. The first-order valence-electron chi connectivity index (χ1n) is 5.70. The van der Waals surface area contributed by atoms with E-state index in [1.165, 1.54) is 6.92 Å². The summed E-state index contributed by atoms with van der Waals surface area (Å²) in [4.78, 5) is 11.8. The largest absolute Gasteiger partial charge is 0.417 e. The number of benzene rings is 1. The van der Waals surface area contributed by atoms with Crippen LogP contribution in [0, 0.1) is 6.92 Å². The van der Waals surface area contributed by atoms with Crippen LogP contribution in [-0.4, -0.2) is 4.57 Å². The third-order valence-electron chi connectivity index (χ3n) is 2.79. The molecule has 2 rings (SSSR count). The summed E-state index contributed by atoms with van der Waals surface area (Å²) in [5, 5.41) is 0. The number of alkyl halides is 3. The minimum Gasteiger partial charge on any atom is -0.310 e. The van der Waals surface area contributed by atoms with Gasteiger partial charge in [0.15, 0.2) is 0 Å². The maximum Gasteiger partial charge on any atom is 0.417 e. The lowest BCUT2D eigenvalue weighted by Gasteiger charge is -2.12. The van der Waals surface area contributed by atoms with Crippen LogP contribution in [0.2, 0.25) is 0 Å². The molecule has 0 saturated heterocycles. The number of pyridine rings is 1. The molecule has 0 aliphatic carbocycles. The Labute approximate surface area is 108 Å². The molecule has 0 aliphatic rings. The highest BCUT2D eigenvalue weighted by atomic mass is 19.4. The smallest absolute Gasteiger partial charge is 0.310 e. The highest BCUT2D eigenvalue weighted by Crippen LogP contribution is 2.28. The number of aromatic nitrogens is 1. The van der Waals surface area contributed by atoms with E-state index < -0.39 is 17.3 Å². The predicted octanol–water partition coefficient (Wildman–Crippen LogP) is 3.22. The first kappa shape index (κ1) is 13.4. The van der Waals surface area contributed by atoms with E-state index >= 15 is 0 Å². The van der Waals surface area contributed by atoms with E-state index in [0.29, 0.717) is 0 Å². The fourth-order valence-electron chi connectivity index (χ4n) is 1.84. The topological polar surface area (TPSA) is 22.0 Å². The Hall–Kier alpha value is -2.04. The zero-order valence-electron chi connectivity index (χ0n) is 10.2. The van der Waals surface area contributed by atoms with Crippen molar-refractivity contribution in [1.82, 2.24) is 4.57 Å². The Balaban J connectivity index is 2.46. The van der Waals surface area contributed by atoms with E-state index in [-0.39, 0.29) is 12.1 Å². The molecule has 1 aromatic carbocycles. The number of halogens is 3. The highest BCUT2D eigenvalue weighted by molar-refractivity contribution is 5.22. The van der Waals surface area contributed by atoms with Crippen molar-refractivity contribution in [3.63, 3.8) is 0 Å². The summed E-state index contributed by atoms with van der Waals surface area (Å²) in [5.74, 6) is 0. The summed E-state index contributed by atoms with van der Waals surface area (Å²) in [6, 6.07) is 9.78. The van der Waals surface area contributed by atoms with E-state index in [1.807, 2.05) is 6.07 Å². The molecule has 5 heteroatoms. The van der Waals surface area contributed by atoms with Crippen LogP contribution >= 0.6 is 0 Å². The Morgan fingerprint density at radius 2 is 1.79 bits per heavy atom. The molecule has 0 spiro atoms. The van der Waals surface area contributed by atoms with Crippen molar-refractivity contribution in [2.45, 2.75) is 19.6 Å². The summed E-state index contributed by atoms with van der Waals surface area (Å²) in [5.41, 5.74) is -0.341. The number of hydrogen-bond donors (Lipinski definition) is 0. The molecule has 100 valence electrons. The van der Waals surface area contributed by atoms with Gasteiger partial charge in [0, 0.05) is 11.8 Å². The van der Waals surface area contributed by atoms with Crippen LogP contribution in [0.1, 0.15) is 16.7 Å². The first-order valence-corrected chi connectivity index (χ1v) is 5.70. The third kappa shape index (κ3) is 3.05. The predicted molar refractivity (Wildman–Crippen MR) is 66.0 cm³/mol. The number of hydrogen-bond acceptors (Lipinski definition) is 1. The second-order valence-electron chi connectivity index (χ2n) is 4.33. The average molecular weight is 267 g/mol. The van der Waals surface area contributed by atoms with Crippen LogP contribution in [0.5, 0.6) is 0 Å². The van der Waals surface area contributed by atoms with Gasteiger partial charge in [0.2, 0.25) is 0 Å². The molecule has 0 amide bonds. The summed E-state index contributed by atoms with van der Waals surface area (Å²) in [6.45, 7) is 1.52. The van der Waals surface area contributed by atoms with Gasteiger partial charge in [-0.3, -0.25) is 4.79 Å². The Bertz CT molecular complexity index is 629. The van der Waals surface area contributed by atoms with Gasteiger partial charge in [-0.25, -0.2) is 0 Å². The van der Waals surface area contributed by atoms with Crippen LogP contribution in [0.25, 0.3) is 0 Å². The van der Waals surface area contributed by atoms with Crippen LogP contribution in [0.15, 0.2) is 47.4 Å². The maximum absolute atomic E-state index is 12.7. The van der Waals surface area contributed by atoms with Crippen molar-refractivity contribution < 1.29 is 13.2 Å². The summed E-state index contributed by atoms with van der Waals surface area (Å²) >= 11 is 0. The van der Waals surface area contributed by atoms with Crippen LogP contribution in [-0.2, 0) is 12.7 Å². The van der Waals surface area contributed by atoms with Gasteiger partial charge >= 0.3 is 6.18 Å². The van der Waals surface area contributed by atoms with E-state index in [0.717, 1.165) is 22.4 Å². The number of aryl methyl sites for hydroxylation is 1. The van der Waals surface area contributed by atoms with Gasteiger partial charge in [-0.15, -0.1) is 0 Å². The molecule has 0 radical (unpaired) electrons. The van der Waals surface area contributed by atoms with E-state index in [9.17, 15) is 18.0 Å². The van der Waals surface area contributed by atoms with Crippen LogP contribution in [0.4, 0.5) is 13.2 Å². The molecule has 0 N–H and O–H groups in total. The van der Waals surface area contributed by atoms with Gasteiger partial charge < -0.3 is 4.57 Å². The van der Waals surface area contributed by atoms with Crippen LogP contribution in [0.3, 0.4) is 0 Å². The lowest BCUT2D eigenvalue weighted by Crippen LogP contribution is -2.24. The second-order valence-corrected chi connectivity index (χ2v) is 4.33. The molecule has 0 fully saturated rings. The van der Waals surface area contributed by atoms with Crippen molar-refractivity contribution >= 4 is 0 Å². The summed E-state index contributed by atoms with van der Waals surface area (Å²) in [6.07, 6.45) is -3.58. The Kier molecular flexibility index (Phi) is 3.46. The number of nitrogens with zero attached hydrogens (tertiary/aromatic N) is 1. The fourth-order valence-corrected chi connectivity index (χ4v) is 1.84. The van der Waals surface area contributed by atoms with Crippen LogP contribution < -0.4 is 5.56 Å². The molecule has 1 aromatic heterocycles. The monoisotopic (exact) mass is 267 g/mol. The van der Waals surface area contributed by atoms with Gasteiger partial charge in [0.1, 0.15) is 0 Å². The molecule has 0 unspecified atom stereocenters. The lowest BCUT2D eigenvalue weighted by molar-refractivity contribution is -0.138. The molecule has 19 heavy (non-hydrogen) atoms. The zero-order valence-corrected chi connectivity index (χ0v) is 10.2. The average Bonchev–Trinajstić information content (AvgIpc) is 2.34. The minimum atomic E-state index is -4.45. The fraction of sp³-hybridized carbons (Fsp3) is 0.214. The second kappa shape index (κ2) is 4.91. The normalized spacial score (nSPS) is 11.6. The molecule has 2 nitrogen and oxygen atoms in total. The molecule has 0 aliphatic heterocycles. The number of rotatable bonds is 2. The van der Waals surface area contributed by atoms with Crippen molar-refractivity contribution in [3.8, 4) is 0 Å². The molecule has 2 aromatic rings. The van der Waals surface area contributed by atoms with Crippen molar-refractivity contribution in [2.75, 3.05) is 0 Å². The van der Waals surface area contributed by atoms with E-state index in [2.05, 4.69) is 0 Å².